The van der Waals surface area contributed by atoms with E-state index in [1.54, 1.807) is 0 Å². The van der Waals surface area contributed by atoms with Crippen LogP contribution in [0.15, 0.2) is 0 Å². The molecule has 4 heteroatoms. The van der Waals surface area contributed by atoms with Gasteiger partial charge in [-0.1, -0.05) is 33.0 Å². The van der Waals surface area contributed by atoms with Crippen LogP contribution in [0.5, 0.6) is 0 Å². The van der Waals surface area contributed by atoms with Crippen LogP contribution in [-0.4, -0.2) is 54.1 Å². The summed E-state index contributed by atoms with van der Waals surface area (Å²) in [5, 5.41) is 0. The van der Waals surface area contributed by atoms with Gasteiger partial charge in [0.1, 0.15) is 0 Å². The molecule has 0 aromatic carbocycles. The molecular formula is C13H27N3S. The van der Waals surface area contributed by atoms with E-state index >= 15 is 0 Å². The predicted molar refractivity (Wildman–Crippen MR) is 78.3 cm³/mol. The van der Waals surface area contributed by atoms with Crippen LogP contribution in [0, 0.1) is 11.8 Å². The molecule has 0 bridgehead atoms. The van der Waals surface area contributed by atoms with Crippen LogP contribution in [0.3, 0.4) is 0 Å². The van der Waals surface area contributed by atoms with E-state index < -0.39 is 0 Å². The molecule has 0 radical (unpaired) electrons. The molecule has 1 aliphatic rings. The molecule has 17 heavy (non-hydrogen) atoms. The Morgan fingerprint density at radius 2 is 1.65 bits per heavy atom. The van der Waals surface area contributed by atoms with Crippen LogP contribution >= 0.6 is 12.2 Å². The molecule has 1 aliphatic heterocycles. The Hall–Kier alpha value is -0.190. The van der Waals surface area contributed by atoms with E-state index in [1.165, 1.54) is 13.0 Å². The van der Waals surface area contributed by atoms with Gasteiger partial charge in [0, 0.05) is 39.3 Å². The van der Waals surface area contributed by atoms with Crippen molar-refractivity contribution in [2.75, 3.05) is 39.3 Å². The molecule has 1 heterocycles. The highest BCUT2D eigenvalue weighted by Crippen LogP contribution is 2.13. The number of piperazine rings is 1. The predicted octanol–water partition coefficient (Wildman–Crippen LogP) is 1.57. The zero-order valence-corrected chi connectivity index (χ0v) is 12.3. The lowest BCUT2D eigenvalue weighted by Crippen LogP contribution is -2.49. The first kappa shape index (κ1) is 14.9. The van der Waals surface area contributed by atoms with Crippen molar-refractivity contribution in [1.29, 1.82) is 0 Å². The smallest absolute Gasteiger partial charge is 0.0870 e. The van der Waals surface area contributed by atoms with Crippen LogP contribution in [0.2, 0.25) is 0 Å². The van der Waals surface area contributed by atoms with E-state index in [9.17, 15) is 0 Å². The summed E-state index contributed by atoms with van der Waals surface area (Å²) < 4.78 is 0. The number of rotatable bonds is 6. The Balaban J connectivity index is 2.20. The highest BCUT2D eigenvalue weighted by atomic mass is 32.1. The molecule has 1 rings (SSSR count). The van der Waals surface area contributed by atoms with E-state index in [4.69, 9.17) is 18.0 Å². The minimum absolute atomic E-state index is 0.617. The molecule has 100 valence electrons. The molecule has 1 unspecified atom stereocenters. The molecule has 0 amide bonds. The van der Waals surface area contributed by atoms with Crippen molar-refractivity contribution in [2.45, 2.75) is 27.2 Å². The van der Waals surface area contributed by atoms with Gasteiger partial charge < -0.3 is 10.6 Å². The van der Waals surface area contributed by atoms with Crippen LogP contribution < -0.4 is 5.73 Å². The average molecular weight is 257 g/mol. The van der Waals surface area contributed by atoms with E-state index in [1.807, 2.05) is 0 Å². The van der Waals surface area contributed by atoms with E-state index in [0.717, 1.165) is 44.6 Å². The minimum atomic E-state index is 0.617. The van der Waals surface area contributed by atoms with Crippen molar-refractivity contribution in [1.82, 2.24) is 9.80 Å². The van der Waals surface area contributed by atoms with Gasteiger partial charge in [-0.15, -0.1) is 0 Å². The van der Waals surface area contributed by atoms with Crippen LogP contribution in [-0.2, 0) is 0 Å². The third-order valence-electron chi connectivity index (χ3n) is 3.29. The zero-order chi connectivity index (χ0) is 12.8. The first-order valence-electron chi connectivity index (χ1n) is 6.70. The van der Waals surface area contributed by atoms with Crippen molar-refractivity contribution in [3.05, 3.63) is 0 Å². The maximum atomic E-state index is 5.57. The van der Waals surface area contributed by atoms with Crippen molar-refractivity contribution in [3.8, 4) is 0 Å². The maximum absolute atomic E-state index is 5.57. The van der Waals surface area contributed by atoms with Gasteiger partial charge in [-0.05, 0) is 18.3 Å². The fourth-order valence-corrected chi connectivity index (χ4v) is 2.85. The second-order valence-corrected chi connectivity index (χ2v) is 6.30. The second-order valence-electron chi connectivity index (χ2n) is 5.78. The summed E-state index contributed by atoms with van der Waals surface area (Å²) in [4.78, 5) is 5.54. The number of thiocarbonyl (C=S) groups is 1. The average Bonchev–Trinajstić information content (AvgIpc) is 2.18. The Morgan fingerprint density at radius 3 is 2.12 bits per heavy atom. The fraction of sp³-hybridized carbons (Fsp3) is 0.923. The Kier molecular flexibility index (Phi) is 6.38. The SMILES string of the molecule is CC(C)CC(C)CN1CCN(CC(N)=S)CC1. The lowest BCUT2D eigenvalue weighted by Gasteiger charge is -2.35. The van der Waals surface area contributed by atoms with Crippen molar-refractivity contribution in [3.63, 3.8) is 0 Å². The summed E-state index contributed by atoms with van der Waals surface area (Å²) in [7, 11) is 0. The fourth-order valence-electron chi connectivity index (χ4n) is 2.67. The lowest BCUT2D eigenvalue weighted by atomic mass is 9.98. The van der Waals surface area contributed by atoms with Crippen LogP contribution in [0.1, 0.15) is 27.2 Å². The van der Waals surface area contributed by atoms with Gasteiger partial charge in [-0.25, -0.2) is 0 Å². The third-order valence-corrected chi connectivity index (χ3v) is 3.42. The molecule has 0 aromatic rings. The van der Waals surface area contributed by atoms with E-state index in [-0.39, 0.29) is 0 Å². The minimum Gasteiger partial charge on any atom is -0.392 e. The highest BCUT2D eigenvalue weighted by Gasteiger charge is 2.18. The number of nitrogens with zero attached hydrogens (tertiary/aromatic N) is 2. The van der Waals surface area contributed by atoms with Gasteiger partial charge >= 0.3 is 0 Å². The van der Waals surface area contributed by atoms with E-state index in [0.29, 0.717) is 4.99 Å². The normalized spacial score (nSPS) is 20.7. The largest absolute Gasteiger partial charge is 0.392 e. The van der Waals surface area contributed by atoms with Gasteiger partial charge in [0.05, 0.1) is 4.99 Å². The van der Waals surface area contributed by atoms with Gasteiger partial charge in [-0.2, -0.15) is 0 Å². The number of hydrogen-bond donors (Lipinski definition) is 1. The van der Waals surface area contributed by atoms with E-state index in [2.05, 4.69) is 30.6 Å². The maximum Gasteiger partial charge on any atom is 0.0870 e. The summed E-state index contributed by atoms with van der Waals surface area (Å²) >= 11 is 4.95. The Labute approximate surface area is 111 Å². The summed E-state index contributed by atoms with van der Waals surface area (Å²) in [6, 6.07) is 0. The molecule has 1 saturated heterocycles. The first-order chi connectivity index (χ1) is 7.97. The number of hydrogen-bond acceptors (Lipinski definition) is 3. The summed E-state index contributed by atoms with van der Waals surface area (Å²) in [5.74, 6) is 1.61. The molecule has 0 aromatic heterocycles. The third kappa shape index (κ3) is 6.34. The van der Waals surface area contributed by atoms with Crippen molar-refractivity contribution in [2.24, 2.45) is 17.6 Å². The van der Waals surface area contributed by atoms with Gasteiger partial charge in [0.25, 0.3) is 0 Å². The molecule has 3 nitrogen and oxygen atoms in total. The number of nitrogens with two attached hydrogens (primary N) is 1. The molecule has 2 N–H and O–H groups in total. The standard InChI is InChI=1S/C13H27N3S/c1-11(2)8-12(3)9-15-4-6-16(7-5-15)10-13(14)17/h11-12H,4-10H2,1-3H3,(H2,14,17). The molecule has 0 saturated carbocycles. The Morgan fingerprint density at radius 1 is 1.12 bits per heavy atom. The summed E-state index contributed by atoms with van der Waals surface area (Å²) in [5.41, 5.74) is 5.57. The molecule has 1 atom stereocenters. The monoisotopic (exact) mass is 257 g/mol. The van der Waals surface area contributed by atoms with Gasteiger partial charge in [-0.3, -0.25) is 4.90 Å². The first-order valence-corrected chi connectivity index (χ1v) is 7.11. The zero-order valence-electron chi connectivity index (χ0n) is 11.5. The quantitative estimate of drug-likeness (QED) is 0.732. The highest BCUT2D eigenvalue weighted by molar-refractivity contribution is 7.80. The van der Waals surface area contributed by atoms with Gasteiger partial charge in [0.15, 0.2) is 0 Å². The topological polar surface area (TPSA) is 32.5 Å². The molecule has 0 aliphatic carbocycles. The second kappa shape index (κ2) is 7.29. The summed E-state index contributed by atoms with van der Waals surface area (Å²) in [6.45, 7) is 13.5. The molecule has 0 spiro atoms. The lowest BCUT2D eigenvalue weighted by molar-refractivity contribution is 0.127. The molecule has 1 fully saturated rings. The van der Waals surface area contributed by atoms with Crippen molar-refractivity contribution < 1.29 is 0 Å². The van der Waals surface area contributed by atoms with Crippen LogP contribution in [0.4, 0.5) is 0 Å². The summed E-state index contributed by atoms with van der Waals surface area (Å²) in [6.07, 6.45) is 1.33. The van der Waals surface area contributed by atoms with Gasteiger partial charge in [0.2, 0.25) is 0 Å². The van der Waals surface area contributed by atoms with Crippen LogP contribution in [0.25, 0.3) is 0 Å². The Bertz CT molecular complexity index is 235. The van der Waals surface area contributed by atoms with Crippen molar-refractivity contribution >= 4 is 17.2 Å². The molecular weight excluding hydrogens is 230 g/mol.